The number of nitrogens with one attached hydrogen (secondary N) is 1. The molecule has 0 aliphatic carbocycles. The fourth-order valence-corrected chi connectivity index (χ4v) is 3.59. The van der Waals surface area contributed by atoms with Crippen molar-refractivity contribution in [2.45, 2.75) is 26.2 Å². The van der Waals surface area contributed by atoms with Crippen LogP contribution < -0.4 is 10.2 Å². The highest BCUT2D eigenvalue weighted by molar-refractivity contribution is 5.92. The first kappa shape index (κ1) is 19.1. The second-order valence-electron chi connectivity index (χ2n) is 7.21. The van der Waals surface area contributed by atoms with E-state index in [9.17, 15) is 9.18 Å². The number of aromatic nitrogens is 2. The van der Waals surface area contributed by atoms with Crippen LogP contribution in [0.4, 0.5) is 16.0 Å². The third kappa shape index (κ3) is 4.42. The van der Waals surface area contributed by atoms with Gasteiger partial charge in [0.25, 0.3) is 5.91 Å². The summed E-state index contributed by atoms with van der Waals surface area (Å²) in [6.45, 7) is 3.15. The van der Waals surface area contributed by atoms with E-state index >= 15 is 0 Å². The SMILES string of the molecule is Cc1cc(C(=O)NCCc2ccc(F)cc2)nc(N2CCCc3ccccc32)n1. The number of fused-ring (bicyclic) bond motifs is 1. The number of amides is 1. The van der Waals surface area contributed by atoms with Crippen LogP contribution in [0, 0.1) is 12.7 Å². The Morgan fingerprint density at radius 1 is 1.14 bits per heavy atom. The van der Waals surface area contributed by atoms with Gasteiger partial charge < -0.3 is 10.2 Å². The first-order valence-corrected chi connectivity index (χ1v) is 9.84. The molecule has 1 aromatic heterocycles. The van der Waals surface area contributed by atoms with E-state index in [0.29, 0.717) is 24.6 Å². The van der Waals surface area contributed by atoms with Crippen molar-refractivity contribution in [3.05, 3.63) is 82.9 Å². The lowest BCUT2D eigenvalue weighted by Crippen LogP contribution is -2.30. The Labute approximate surface area is 169 Å². The summed E-state index contributed by atoms with van der Waals surface area (Å²) in [5, 5.41) is 2.90. The molecule has 148 valence electrons. The Balaban J connectivity index is 1.48. The van der Waals surface area contributed by atoms with Gasteiger partial charge in [-0.2, -0.15) is 0 Å². The van der Waals surface area contributed by atoms with Crippen LogP contribution in [0.5, 0.6) is 0 Å². The molecule has 0 radical (unpaired) electrons. The van der Waals surface area contributed by atoms with E-state index in [2.05, 4.69) is 32.3 Å². The van der Waals surface area contributed by atoms with Crippen LogP contribution in [0.25, 0.3) is 0 Å². The van der Waals surface area contributed by atoms with E-state index in [-0.39, 0.29) is 11.7 Å². The highest BCUT2D eigenvalue weighted by atomic mass is 19.1. The fraction of sp³-hybridized carbons (Fsp3) is 0.261. The summed E-state index contributed by atoms with van der Waals surface area (Å²) in [7, 11) is 0. The lowest BCUT2D eigenvalue weighted by molar-refractivity contribution is 0.0949. The van der Waals surface area contributed by atoms with Crippen LogP contribution in [0.15, 0.2) is 54.6 Å². The van der Waals surface area contributed by atoms with Crippen molar-refractivity contribution < 1.29 is 9.18 Å². The van der Waals surface area contributed by atoms with Gasteiger partial charge in [-0.3, -0.25) is 4.79 Å². The molecule has 1 aliphatic heterocycles. The van der Waals surface area contributed by atoms with E-state index in [1.165, 1.54) is 17.7 Å². The van der Waals surface area contributed by atoms with Crippen molar-refractivity contribution in [1.82, 2.24) is 15.3 Å². The molecular formula is C23H23FN4O. The van der Waals surface area contributed by atoms with Gasteiger partial charge in [0.2, 0.25) is 5.95 Å². The first-order chi connectivity index (χ1) is 14.1. The van der Waals surface area contributed by atoms with E-state index in [4.69, 9.17) is 0 Å². The maximum Gasteiger partial charge on any atom is 0.270 e. The zero-order valence-corrected chi connectivity index (χ0v) is 16.4. The molecule has 3 aromatic rings. The summed E-state index contributed by atoms with van der Waals surface area (Å²) in [6, 6.07) is 16.2. The van der Waals surface area contributed by atoms with Gasteiger partial charge in [-0.05, 0) is 61.6 Å². The molecule has 6 heteroatoms. The minimum absolute atomic E-state index is 0.232. The first-order valence-electron chi connectivity index (χ1n) is 9.84. The number of nitrogens with zero attached hydrogens (tertiary/aromatic N) is 3. The minimum atomic E-state index is -0.263. The molecule has 0 atom stereocenters. The number of rotatable bonds is 5. The molecule has 1 aliphatic rings. The molecule has 5 nitrogen and oxygen atoms in total. The summed E-state index contributed by atoms with van der Waals surface area (Å²) in [5.41, 5.74) is 4.45. The smallest absolute Gasteiger partial charge is 0.270 e. The topological polar surface area (TPSA) is 58.1 Å². The average Bonchev–Trinajstić information content (AvgIpc) is 2.74. The Morgan fingerprint density at radius 2 is 1.93 bits per heavy atom. The zero-order chi connectivity index (χ0) is 20.2. The number of hydrogen-bond acceptors (Lipinski definition) is 4. The number of halogens is 1. The van der Waals surface area contributed by atoms with Gasteiger partial charge in [0, 0.05) is 24.5 Å². The minimum Gasteiger partial charge on any atom is -0.350 e. The van der Waals surface area contributed by atoms with Crippen molar-refractivity contribution >= 4 is 17.5 Å². The van der Waals surface area contributed by atoms with Crippen molar-refractivity contribution in [2.75, 3.05) is 18.0 Å². The van der Waals surface area contributed by atoms with E-state index in [0.717, 1.165) is 36.3 Å². The maximum atomic E-state index is 13.0. The highest BCUT2D eigenvalue weighted by Gasteiger charge is 2.21. The van der Waals surface area contributed by atoms with Gasteiger partial charge in [0.05, 0.1) is 0 Å². The second-order valence-corrected chi connectivity index (χ2v) is 7.21. The lowest BCUT2D eigenvalue weighted by atomic mass is 10.0. The van der Waals surface area contributed by atoms with Gasteiger partial charge >= 0.3 is 0 Å². The van der Waals surface area contributed by atoms with Gasteiger partial charge in [0.15, 0.2) is 0 Å². The van der Waals surface area contributed by atoms with Gasteiger partial charge in [-0.1, -0.05) is 30.3 Å². The third-order valence-corrected chi connectivity index (χ3v) is 5.04. The Bertz CT molecular complexity index is 1020. The fourth-order valence-electron chi connectivity index (χ4n) is 3.59. The van der Waals surface area contributed by atoms with Crippen molar-refractivity contribution in [1.29, 1.82) is 0 Å². The predicted octanol–water partition coefficient (Wildman–Crippen LogP) is 3.98. The zero-order valence-electron chi connectivity index (χ0n) is 16.4. The molecule has 0 unspecified atom stereocenters. The highest BCUT2D eigenvalue weighted by Crippen LogP contribution is 2.31. The monoisotopic (exact) mass is 390 g/mol. The number of aryl methyl sites for hydroxylation is 2. The number of carbonyl (C=O) groups excluding carboxylic acids is 1. The molecule has 0 saturated heterocycles. The molecule has 2 heterocycles. The molecule has 0 saturated carbocycles. The summed E-state index contributed by atoms with van der Waals surface area (Å²) < 4.78 is 13.0. The Hall–Kier alpha value is -3.28. The molecule has 0 spiro atoms. The molecular weight excluding hydrogens is 367 g/mol. The van der Waals surface area contributed by atoms with Crippen LogP contribution in [0.2, 0.25) is 0 Å². The van der Waals surface area contributed by atoms with Gasteiger partial charge in [-0.15, -0.1) is 0 Å². The predicted molar refractivity (Wildman–Crippen MR) is 111 cm³/mol. The Kier molecular flexibility index (Phi) is 5.51. The third-order valence-electron chi connectivity index (χ3n) is 5.04. The molecule has 1 amide bonds. The quantitative estimate of drug-likeness (QED) is 0.716. The average molecular weight is 390 g/mol. The summed E-state index contributed by atoms with van der Waals surface area (Å²) in [4.78, 5) is 23.8. The molecule has 2 aromatic carbocycles. The molecule has 4 rings (SSSR count). The van der Waals surface area contributed by atoms with Crippen molar-refractivity contribution in [3.8, 4) is 0 Å². The van der Waals surface area contributed by atoms with Crippen LogP contribution in [0.1, 0.15) is 33.7 Å². The van der Waals surface area contributed by atoms with Crippen LogP contribution >= 0.6 is 0 Å². The van der Waals surface area contributed by atoms with Gasteiger partial charge in [-0.25, -0.2) is 14.4 Å². The molecule has 1 N–H and O–H groups in total. The van der Waals surface area contributed by atoms with Crippen LogP contribution in [-0.4, -0.2) is 29.0 Å². The number of hydrogen-bond donors (Lipinski definition) is 1. The maximum absolute atomic E-state index is 13.0. The van der Waals surface area contributed by atoms with E-state index in [1.807, 2.05) is 19.1 Å². The number of para-hydroxylation sites is 1. The largest absolute Gasteiger partial charge is 0.350 e. The molecule has 29 heavy (non-hydrogen) atoms. The normalized spacial score (nSPS) is 13.1. The number of benzene rings is 2. The standard InChI is InChI=1S/C23H23FN4O/c1-16-15-20(22(29)25-13-12-17-8-10-19(24)11-9-17)27-23(26-16)28-14-4-6-18-5-2-3-7-21(18)28/h2-3,5,7-11,15H,4,6,12-14H2,1H3,(H,25,29). The molecule has 0 bridgehead atoms. The van der Waals surface area contributed by atoms with E-state index < -0.39 is 0 Å². The number of carbonyl (C=O) groups is 1. The summed E-state index contributed by atoms with van der Waals surface area (Å²) >= 11 is 0. The van der Waals surface area contributed by atoms with E-state index in [1.54, 1.807) is 18.2 Å². The molecule has 0 fully saturated rings. The summed E-state index contributed by atoms with van der Waals surface area (Å²) in [6.07, 6.45) is 2.69. The lowest BCUT2D eigenvalue weighted by Gasteiger charge is -2.29. The van der Waals surface area contributed by atoms with Gasteiger partial charge in [0.1, 0.15) is 11.5 Å². The van der Waals surface area contributed by atoms with Crippen molar-refractivity contribution in [2.24, 2.45) is 0 Å². The summed E-state index contributed by atoms with van der Waals surface area (Å²) in [5.74, 6) is 0.0612. The van der Waals surface area contributed by atoms with Crippen LogP contribution in [-0.2, 0) is 12.8 Å². The Morgan fingerprint density at radius 3 is 2.76 bits per heavy atom. The number of anilines is 2. The second kappa shape index (κ2) is 8.39. The van der Waals surface area contributed by atoms with Crippen molar-refractivity contribution in [3.63, 3.8) is 0 Å². The van der Waals surface area contributed by atoms with Crippen LogP contribution in [0.3, 0.4) is 0 Å².